The highest BCUT2D eigenvalue weighted by Gasteiger charge is 2.40. The van der Waals surface area contributed by atoms with E-state index in [1.54, 1.807) is 25.6 Å². The van der Waals surface area contributed by atoms with Crippen LogP contribution in [0.1, 0.15) is 28.3 Å². The van der Waals surface area contributed by atoms with Gasteiger partial charge in [-0.25, -0.2) is 0 Å². The van der Waals surface area contributed by atoms with Crippen LogP contribution in [0.15, 0.2) is 64.5 Å². The van der Waals surface area contributed by atoms with Crippen LogP contribution < -0.4 is 19.6 Å². The van der Waals surface area contributed by atoms with Crippen molar-refractivity contribution in [1.82, 2.24) is 10.4 Å². The van der Waals surface area contributed by atoms with Crippen LogP contribution >= 0.6 is 27.3 Å². The van der Waals surface area contributed by atoms with Crippen molar-refractivity contribution in [3.05, 3.63) is 80.5 Å². The van der Waals surface area contributed by atoms with Crippen molar-refractivity contribution in [1.29, 1.82) is 0 Å². The van der Waals surface area contributed by atoms with Crippen LogP contribution in [-0.4, -0.2) is 19.2 Å². The predicted molar refractivity (Wildman–Crippen MR) is 117 cm³/mol. The second kappa shape index (κ2) is 7.40. The maximum absolute atomic E-state index is 6.44. The zero-order chi connectivity index (χ0) is 20.0. The Morgan fingerprint density at radius 3 is 2.72 bits per heavy atom. The number of hydrogen-bond donors (Lipinski definition) is 1. The molecule has 2 aromatic carbocycles. The molecule has 0 amide bonds. The second-order valence-electron chi connectivity index (χ2n) is 6.77. The quantitative estimate of drug-likeness (QED) is 0.543. The molecule has 0 aliphatic carbocycles. The Balaban J connectivity index is 1.60. The van der Waals surface area contributed by atoms with E-state index in [9.17, 15) is 0 Å². The van der Waals surface area contributed by atoms with Gasteiger partial charge in [-0.2, -0.15) is 5.01 Å². The van der Waals surface area contributed by atoms with Gasteiger partial charge < -0.3 is 19.6 Å². The zero-order valence-corrected chi connectivity index (χ0v) is 18.3. The summed E-state index contributed by atoms with van der Waals surface area (Å²) in [6.45, 7) is 0. The summed E-state index contributed by atoms with van der Waals surface area (Å²) < 4.78 is 18.3. The lowest BCUT2D eigenvalue weighted by atomic mass is 10.0. The lowest BCUT2D eigenvalue weighted by molar-refractivity contribution is -0.0327. The first-order chi connectivity index (χ1) is 14.2. The number of thiophene rings is 1. The van der Waals surface area contributed by atoms with E-state index >= 15 is 0 Å². The van der Waals surface area contributed by atoms with Crippen LogP contribution in [0.4, 0.5) is 0 Å². The smallest absolute Gasteiger partial charge is 0.196 e. The lowest BCUT2D eigenvalue weighted by Gasteiger charge is -2.39. The fraction of sp³-hybridized carbons (Fsp3) is 0.182. The number of hydrogen-bond acceptors (Lipinski definition) is 6. The molecular weight excluding hydrogens is 452 g/mol. The molecule has 3 heterocycles. The number of rotatable bonds is 4. The van der Waals surface area contributed by atoms with E-state index in [0.29, 0.717) is 11.5 Å². The third-order valence-corrected chi connectivity index (χ3v) is 6.62. The first-order valence-corrected chi connectivity index (χ1v) is 10.8. The number of benzene rings is 2. The Bertz CT molecular complexity index is 1080. The van der Waals surface area contributed by atoms with Gasteiger partial charge in [0.1, 0.15) is 5.75 Å². The molecule has 2 unspecified atom stereocenters. The molecule has 29 heavy (non-hydrogen) atoms. The van der Waals surface area contributed by atoms with Crippen molar-refractivity contribution in [2.75, 3.05) is 14.2 Å². The van der Waals surface area contributed by atoms with Crippen molar-refractivity contribution < 1.29 is 14.2 Å². The van der Waals surface area contributed by atoms with Gasteiger partial charge in [0.15, 0.2) is 17.7 Å². The summed E-state index contributed by atoms with van der Waals surface area (Å²) in [5, 5.41) is 4.23. The Labute approximate surface area is 181 Å². The van der Waals surface area contributed by atoms with Crippen molar-refractivity contribution >= 4 is 33.0 Å². The van der Waals surface area contributed by atoms with E-state index in [1.807, 2.05) is 30.3 Å². The highest BCUT2D eigenvalue weighted by molar-refractivity contribution is 9.10. The van der Waals surface area contributed by atoms with Crippen LogP contribution in [-0.2, 0) is 0 Å². The molecule has 2 aliphatic rings. The topological polar surface area (TPSA) is 43.0 Å². The van der Waals surface area contributed by atoms with Gasteiger partial charge in [0.2, 0.25) is 0 Å². The molecule has 7 heteroatoms. The lowest BCUT2D eigenvalue weighted by Crippen LogP contribution is -2.43. The number of para-hydroxylation sites is 1. The van der Waals surface area contributed by atoms with Gasteiger partial charge in [-0.1, -0.05) is 24.3 Å². The van der Waals surface area contributed by atoms with Crippen molar-refractivity contribution in [3.63, 3.8) is 0 Å². The summed E-state index contributed by atoms with van der Waals surface area (Å²) in [6, 6.07) is 16.4. The minimum absolute atomic E-state index is 0.0638. The highest BCUT2D eigenvalue weighted by atomic mass is 79.9. The maximum atomic E-state index is 6.44. The Morgan fingerprint density at radius 1 is 1.10 bits per heavy atom. The van der Waals surface area contributed by atoms with Crippen molar-refractivity contribution in [2.24, 2.45) is 0 Å². The fourth-order valence-corrected chi connectivity index (χ4v) is 5.14. The van der Waals surface area contributed by atoms with Crippen LogP contribution in [0.5, 0.6) is 17.2 Å². The maximum Gasteiger partial charge on any atom is 0.196 e. The minimum Gasteiger partial charge on any atom is -0.493 e. The van der Waals surface area contributed by atoms with Crippen molar-refractivity contribution in [3.8, 4) is 17.2 Å². The number of halogens is 1. The third-order valence-electron chi connectivity index (χ3n) is 5.13. The van der Waals surface area contributed by atoms with Crippen LogP contribution in [0.25, 0.3) is 5.70 Å². The van der Waals surface area contributed by atoms with Gasteiger partial charge in [0.25, 0.3) is 0 Å². The van der Waals surface area contributed by atoms with Gasteiger partial charge in [-0.15, -0.1) is 11.3 Å². The molecule has 0 radical (unpaired) electrons. The van der Waals surface area contributed by atoms with Crippen LogP contribution in [0.3, 0.4) is 0 Å². The van der Waals surface area contributed by atoms with Gasteiger partial charge in [0.05, 0.1) is 35.3 Å². The Morgan fingerprint density at radius 2 is 1.97 bits per heavy atom. The third kappa shape index (κ3) is 3.10. The van der Waals surface area contributed by atoms with E-state index in [0.717, 1.165) is 27.0 Å². The standard InChI is InChI=1S/C22H19BrN2O3S/c1-26-19-11-13(10-15(23)21(19)27-2)22-25-17(14-6-3-4-7-18(14)28-22)12-16(24-25)20-8-5-9-29-20/h3-12,17,22,24H,1-2H3. The number of nitrogens with zero attached hydrogens (tertiary/aromatic N) is 1. The average Bonchev–Trinajstić information content (AvgIpc) is 3.42. The number of methoxy groups -OCH3 is 2. The molecule has 0 bridgehead atoms. The molecule has 148 valence electrons. The van der Waals surface area contributed by atoms with Crippen LogP contribution in [0, 0.1) is 0 Å². The average molecular weight is 471 g/mol. The first-order valence-electron chi connectivity index (χ1n) is 9.17. The molecule has 2 aliphatic heterocycles. The molecule has 0 saturated heterocycles. The van der Waals surface area contributed by atoms with E-state index in [1.165, 1.54) is 4.88 Å². The normalized spacial score (nSPS) is 20.2. The Hall–Kier alpha value is -2.48. The van der Waals surface area contributed by atoms with Gasteiger partial charge >= 0.3 is 0 Å². The summed E-state index contributed by atoms with van der Waals surface area (Å²) in [7, 11) is 3.27. The molecule has 5 rings (SSSR count). The monoisotopic (exact) mass is 470 g/mol. The van der Waals surface area contributed by atoms with Gasteiger partial charge in [-0.05, 0) is 51.7 Å². The van der Waals surface area contributed by atoms with E-state index < -0.39 is 0 Å². The number of ether oxygens (including phenoxy) is 3. The largest absolute Gasteiger partial charge is 0.493 e. The van der Waals surface area contributed by atoms with Crippen molar-refractivity contribution in [2.45, 2.75) is 12.3 Å². The first kappa shape index (κ1) is 18.5. The number of hydrazine groups is 1. The fourth-order valence-electron chi connectivity index (χ4n) is 3.82. The number of fused-ring (bicyclic) bond motifs is 3. The Kier molecular flexibility index (Phi) is 4.73. The van der Waals surface area contributed by atoms with Gasteiger partial charge in [-0.3, -0.25) is 0 Å². The molecular formula is C22H19BrN2O3S. The molecule has 3 aromatic rings. The second-order valence-corrected chi connectivity index (χ2v) is 8.57. The summed E-state index contributed by atoms with van der Waals surface area (Å²) >= 11 is 5.32. The molecule has 2 atom stereocenters. The summed E-state index contributed by atoms with van der Waals surface area (Å²) in [5.74, 6) is 2.20. The summed E-state index contributed by atoms with van der Waals surface area (Å²) in [5.41, 5.74) is 6.76. The van der Waals surface area contributed by atoms with E-state index in [-0.39, 0.29) is 12.3 Å². The van der Waals surface area contributed by atoms with E-state index in [2.05, 4.69) is 56.0 Å². The van der Waals surface area contributed by atoms with Crippen LogP contribution in [0.2, 0.25) is 0 Å². The molecule has 5 nitrogen and oxygen atoms in total. The minimum atomic E-state index is -0.334. The molecule has 0 saturated carbocycles. The van der Waals surface area contributed by atoms with E-state index in [4.69, 9.17) is 14.2 Å². The summed E-state index contributed by atoms with van der Waals surface area (Å²) in [6.07, 6.45) is 1.93. The molecule has 1 aromatic heterocycles. The number of nitrogens with one attached hydrogen (secondary N) is 1. The SMILES string of the molecule is COc1cc(C2Oc3ccccc3C3C=C(c4cccs4)NN32)cc(Br)c1OC. The molecule has 0 fully saturated rings. The van der Waals surface area contributed by atoms with Gasteiger partial charge in [0, 0.05) is 11.1 Å². The zero-order valence-electron chi connectivity index (χ0n) is 15.9. The summed E-state index contributed by atoms with van der Waals surface area (Å²) in [4.78, 5) is 1.20. The highest BCUT2D eigenvalue weighted by Crippen LogP contribution is 2.48. The molecule has 0 spiro atoms. The molecule has 1 N–H and O–H groups in total. The predicted octanol–water partition coefficient (Wildman–Crippen LogP) is 5.52.